The molecule has 0 saturated heterocycles. The van der Waals surface area contributed by atoms with Crippen molar-refractivity contribution in [3.05, 3.63) is 22.7 Å². The molecule has 6 heteroatoms. The van der Waals surface area contributed by atoms with Crippen LogP contribution >= 0.6 is 15.9 Å². The topological polar surface area (TPSA) is 49.4 Å². The predicted octanol–water partition coefficient (Wildman–Crippen LogP) is 1.45. The van der Waals surface area contributed by atoms with Gasteiger partial charge in [-0.2, -0.15) is 4.31 Å². The van der Waals surface area contributed by atoms with Crippen LogP contribution in [0.1, 0.15) is 0 Å². The van der Waals surface area contributed by atoms with Crippen molar-refractivity contribution in [1.29, 1.82) is 0 Å². The highest BCUT2D eigenvalue weighted by molar-refractivity contribution is 9.10. The third-order valence-electron chi connectivity index (χ3n) is 2.12. The van der Waals surface area contributed by atoms with Gasteiger partial charge in [-0.3, -0.25) is 0 Å². The summed E-state index contributed by atoms with van der Waals surface area (Å²) in [6, 6.07) is 5.08. The fraction of sp³-hybridized carbons (Fsp3) is 0.250. The summed E-state index contributed by atoms with van der Waals surface area (Å²) in [4.78, 5) is 0.328. The van der Waals surface area contributed by atoms with Gasteiger partial charge in [-0.05, 0) is 18.2 Å². The largest absolute Gasteiger partial charge is 0.370 e. The minimum atomic E-state index is -3.29. The molecule has 0 spiro atoms. The molecule has 2 rings (SSSR count). The third-order valence-corrected chi connectivity index (χ3v) is 4.48. The maximum Gasteiger partial charge on any atom is 0.246 e. The molecule has 14 heavy (non-hydrogen) atoms. The lowest BCUT2D eigenvalue weighted by molar-refractivity contribution is 0.482. The molecule has 0 fully saturated rings. The summed E-state index contributed by atoms with van der Waals surface area (Å²) in [6.07, 6.45) is 0. The molecular weight excluding hydrogens is 268 g/mol. The smallest absolute Gasteiger partial charge is 0.246 e. The van der Waals surface area contributed by atoms with Crippen LogP contribution in [0.25, 0.3) is 0 Å². The first-order valence-corrected chi connectivity index (χ1v) is 6.25. The average molecular weight is 277 g/mol. The maximum absolute atomic E-state index is 11.8. The van der Waals surface area contributed by atoms with Gasteiger partial charge < -0.3 is 5.32 Å². The number of sulfonamides is 1. The van der Waals surface area contributed by atoms with E-state index in [9.17, 15) is 8.42 Å². The van der Waals surface area contributed by atoms with E-state index < -0.39 is 10.0 Å². The summed E-state index contributed by atoms with van der Waals surface area (Å²) in [5.41, 5.74) is 0.650. The number of benzene rings is 1. The Balaban J connectivity index is 2.65. The highest BCUT2D eigenvalue weighted by Gasteiger charge is 2.28. The second-order valence-corrected chi connectivity index (χ2v) is 6.01. The SMILES string of the molecule is CN1CNc2cc(Br)ccc2S1(=O)=O. The molecule has 0 aromatic heterocycles. The van der Waals surface area contributed by atoms with Gasteiger partial charge in [0.1, 0.15) is 4.90 Å². The number of fused-ring (bicyclic) bond motifs is 1. The lowest BCUT2D eigenvalue weighted by Gasteiger charge is -2.26. The molecule has 1 aliphatic heterocycles. The molecule has 1 heterocycles. The number of halogens is 1. The van der Waals surface area contributed by atoms with Crippen LogP contribution in [0.15, 0.2) is 27.6 Å². The number of hydrogen-bond acceptors (Lipinski definition) is 3. The molecule has 0 atom stereocenters. The molecule has 0 bridgehead atoms. The molecule has 0 amide bonds. The third kappa shape index (κ3) is 1.43. The van der Waals surface area contributed by atoms with E-state index in [1.54, 1.807) is 25.2 Å². The van der Waals surface area contributed by atoms with Gasteiger partial charge in [0.05, 0.1) is 12.4 Å². The van der Waals surface area contributed by atoms with Gasteiger partial charge in [-0.15, -0.1) is 0 Å². The summed E-state index contributed by atoms with van der Waals surface area (Å²) < 4.78 is 25.7. The van der Waals surface area contributed by atoms with Crippen LogP contribution in [-0.2, 0) is 10.0 Å². The zero-order valence-electron chi connectivity index (χ0n) is 7.49. The van der Waals surface area contributed by atoms with Crippen LogP contribution in [0.2, 0.25) is 0 Å². The standard InChI is InChI=1S/C8H9BrN2O2S/c1-11-5-10-7-4-6(9)2-3-8(7)14(11,12)13/h2-4,10H,5H2,1H3. The van der Waals surface area contributed by atoms with Crippen molar-refractivity contribution in [1.82, 2.24) is 4.31 Å². The summed E-state index contributed by atoms with van der Waals surface area (Å²) in [5, 5.41) is 3.03. The van der Waals surface area contributed by atoms with Crippen LogP contribution in [0.4, 0.5) is 5.69 Å². The molecule has 1 N–H and O–H groups in total. The van der Waals surface area contributed by atoms with Crippen LogP contribution in [0, 0.1) is 0 Å². The Labute approximate surface area is 91.1 Å². The van der Waals surface area contributed by atoms with Crippen molar-refractivity contribution in [3.63, 3.8) is 0 Å². The molecule has 1 aromatic rings. The van der Waals surface area contributed by atoms with Crippen molar-refractivity contribution in [2.24, 2.45) is 0 Å². The van der Waals surface area contributed by atoms with E-state index in [1.165, 1.54) is 4.31 Å². The number of nitrogens with zero attached hydrogens (tertiary/aromatic N) is 1. The van der Waals surface area contributed by atoms with Gasteiger partial charge in [-0.25, -0.2) is 8.42 Å². The van der Waals surface area contributed by atoms with E-state index in [-0.39, 0.29) is 0 Å². The van der Waals surface area contributed by atoms with Gasteiger partial charge in [0, 0.05) is 11.5 Å². The zero-order chi connectivity index (χ0) is 10.3. The summed E-state index contributed by atoms with van der Waals surface area (Å²) >= 11 is 3.29. The van der Waals surface area contributed by atoms with Crippen molar-refractivity contribution < 1.29 is 8.42 Å². The van der Waals surface area contributed by atoms with Crippen molar-refractivity contribution >= 4 is 31.6 Å². The van der Waals surface area contributed by atoms with Crippen LogP contribution in [0.5, 0.6) is 0 Å². The van der Waals surface area contributed by atoms with E-state index in [0.29, 0.717) is 17.3 Å². The fourth-order valence-corrected chi connectivity index (χ4v) is 2.90. The second kappa shape index (κ2) is 3.22. The van der Waals surface area contributed by atoms with E-state index in [0.717, 1.165) is 4.47 Å². The van der Waals surface area contributed by atoms with Gasteiger partial charge in [0.25, 0.3) is 0 Å². The number of nitrogens with one attached hydrogen (secondary N) is 1. The Morgan fingerprint density at radius 3 is 2.93 bits per heavy atom. The first-order chi connectivity index (χ1) is 6.51. The Morgan fingerprint density at radius 2 is 2.21 bits per heavy atom. The van der Waals surface area contributed by atoms with E-state index in [1.807, 2.05) is 0 Å². The highest BCUT2D eigenvalue weighted by Crippen LogP contribution is 2.30. The number of rotatable bonds is 0. The number of hydrogen-bond donors (Lipinski definition) is 1. The Hall–Kier alpha value is -0.590. The minimum absolute atomic E-state index is 0.311. The Kier molecular flexibility index (Phi) is 2.29. The van der Waals surface area contributed by atoms with Gasteiger partial charge in [-0.1, -0.05) is 15.9 Å². The van der Waals surface area contributed by atoms with Gasteiger partial charge in [0.15, 0.2) is 0 Å². The quantitative estimate of drug-likeness (QED) is 0.781. The molecule has 0 unspecified atom stereocenters. The normalized spacial score (nSPS) is 19.9. The zero-order valence-corrected chi connectivity index (χ0v) is 9.89. The second-order valence-electron chi connectivity index (χ2n) is 3.08. The summed E-state index contributed by atoms with van der Waals surface area (Å²) in [7, 11) is -1.74. The maximum atomic E-state index is 11.8. The molecule has 1 aromatic carbocycles. The van der Waals surface area contributed by atoms with Crippen molar-refractivity contribution in [3.8, 4) is 0 Å². The lowest BCUT2D eigenvalue weighted by Crippen LogP contribution is -2.36. The van der Waals surface area contributed by atoms with Crippen LogP contribution in [0.3, 0.4) is 0 Å². The Bertz CT molecular complexity index is 472. The van der Waals surface area contributed by atoms with E-state index in [4.69, 9.17) is 0 Å². The van der Waals surface area contributed by atoms with Crippen molar-refractivity contribution in [2.75, 3.05) is 19.0 Å². The lowest BCUT2D eigenvalue weighted by atomic mass is 10.3. The summed E-state index contributed by atoms with van der Waals surface area (Å²) in [6.45, 7) is 0.311. The molecule has 0 radical (unpaired) electrons. The first-order valence-electron chi connectivity index (χ1n) is 4.01. The van der Waals surface area contributed by atoms with Crippen molar-refractivity contribution in [2.45, 2.75) is 4.90 Å². The molecule has 0 saturated carbocycles. The monoisotopic (exact) mass is 276 g/mol. The predicted molar refractivity (Wildman–Crippen MR) is 57.6 cm³/mol. The van der Waals surface area contributed by atoms with Gasteiger partial charge >= 0.3 is 0 Å². The first kappa shape index (κ1) is 9.95. The van der Waals surface area contributed by atoms with Crippen LogP contribution in [-0.4, -0.2) is 26.4 Å². The molecule has 0 aliphatic carbocycles. The molecule has 76 valence electrons. The van der Waals surface area contributed by atoms with Crippen LogP contribution < -0.4 is 5.32 Å². The van der Waals surface area contributed by atoms with E-state index in [2.05, 4.69) is 21.2 Å². The Morgan fingerprint density at radius 1 is 1.50 bits per heavy atom. The van der Waals surface area contributed by atoms with E-state index >= 15 is 0 Å². The summed E-state index contributed by atoms with van der Waals surface area (Å²) in [5.74, 6) is 0. The number of anilines is 1. The van der Waals surface area contributed by atoms with Gasteiger partial charge in [0.2, 0.25) is 10.0 Å². The molecule has 4 nitrogen and oxygen atoms in total. The minimum Gasteiger partial charge on any atom is -0.370 e. The average Bonchev–Trinajstić information content (AvgIpc) is 2.12. The fourth-order valence-electron chi connectivity index (χ4n) is 1.31. The molecule has 1 aliphatic rings. The molecular formula is C8H9BrN2O2S. The highest BCUT2D eigenvalue weighted by atomic mass is 79.9.